The molecule has 6 nitrogen and oxygen atoms in total. The number of aliphatic hydroxyl groups excluding tert-OH is 1. The third-order valence-corrected chi connectivity index (χ3v) is 4.34. The molecular weight excluding hydrogens is 294 g/mol. The van der Waals surface area contributed by atoms with Gasteiger partial charge in [-0.1, -0.05) is 13.8 Å². The van der Waals surface area contributed by atoms with Crippen molar-refractivity contribution in [1.82, 2.24) is 5.32 Å². The van der Waals surface area contributed by atoms with Gasteiger partial charge in [-0.25, -0.2) is 0 Å². The molecule has 0 unspecified atom stereocenters. The van der Waals surface area contributed by atoms with Crippen molar-refractivity contribution in [1.29, 1.82) is 0 Å². The van der Waals surface area contributed by atoms with Crippen molar-refractivity contribution < 1.29 is 10.0 Å². The molecule has 128 valence electrons. The summed E-state index contributed by atoms with van der Waals surface area (Å²) >= 11 is 0. The minimum Gasteiger partial charge on any atom is -0.392 e. The summed E-state index contributed by atoms with van der Waals surface area (Å²) < 4.78 is 0. The van der Waals surface area contributed by atoms with E-state index < -0.39 is 0 Å². The van der Waals surface area contributed by atoms with Crippen LogP contribution in [0.15, 0.2) is 18.2 Å². The van der Waals surface area contributed by atoms with Crippen LogP contribution >= 0.6 is 0 Å². The van der Waals surface area contributed by atoms with E-state index in [0.29, 0.717) is 23.2 Å². The van der Waals surface area contributed by atoms with Crippen LogP contribution in [0.25, 0.3) is 0 Å². The average Bonchev–Trinajstić information content (AvgIpc) is 2.53. The molecule has 3 N–H and O–H groups in total. The molecule has 0 atom stereocenters. The van der Waals surface area contributed by atoms with E-state index in [1.165, 1.54) is 6.07 Å². The lowest BCUT2D eigenvalue weighted by Crippen LogP contribution is -2.38. The van der Waals surface area contributed by atoms with E-state index in [1.54, 1.807) is 12.1 Å². The van der Waals surface area contributed by atoms with Gasteiger partial charge in [-0.15, -0.1) is 0 Å². The van der Waals surface area contributed by atoms with Gasteiger partial charge in [0.2, 0.25) is 0 Å². The zero-order valence-electron chi connectivity index (χ0n) is 13.9. The summed E-state index contributed by atoms with van der Waals surface area (Å²) in [6.07, 6.45) is 4.16. The van der Waals surface area contributed by atoms with Gasteiger partial charge in [0.05, 0.1) is 11.5 Å². The lowest BCUT2D eigenvalue weighted by molar-refractivity contribution is -0.384. The van der Waals surface area contributed by atoms with Crippen molar-refractivity contribution in [2.24, 2.45) is 5.92 Å². The van der Waals surface area contributed by atoms with Crippen molar-refractivity contribution >= 4 is 11.4 Å². The quantitative estimate of drug-likeness (QED) is 0.531. The van der Waals surface area contributed by atoms with Gasteiger partial charge >= 0.3 is 0 Å². The van der Waals surface area contributed by atoms with Crippen LogP contribution in [0.3, 0.4) is 0 Å². The number of nitrogens with one attached hydrogen (secondary N) is 2. The Labute approximate surface area is 137 Å². The molecule has 23 heavy (non-hydrogen) atoms. The molecule has 2 rings (SSSR count). The maximum Gasteiger partial charge on any atom is 0.292 e. The summed E-state index contributed by atoms with van der Waals surface area (Å²) in [5, 5.41) is 27.3. The van der Waals surface area contributed by atoms with E-state index >= 15 is 0 Å². The van der Waals surface area contributed by atoms with Gasteiger partial charge in [0.1, 0.15) is 5.69 Å². The van der Waals surface area contributed by atoms with E-state index in [1.807, 2.05) is 0 Å². The Morgan fingerprint density at radius 3 is 2.48 bits per heavy atom. The Kier molecular flexibility index (Phi) is 6.36. The van der Waals surface area contributed by atoms with Crippen LogP contribution in [0.5, 0.6) is 0 Å². The molecule has 1 aromatic rings. The number of nitrogens with zero attached hydrogens (tertiary/aromatic N) is 1. The maximum atomic E-state index is 11.2. The first kappa shape index (κ1) is 17.7. The predicted molar refractivity (Wildman–Crippen MR) is 91.5 cm³/mol. The Morgan fingerprint density at radius 2 is 1.91 bits per heavy atom. The molecule has 1 fully saturated rings. The molecule has 0 saturated heterocycles. The van der Waals surface area contributed by atoms with Crippen LogP contribution in [0.1, 0.15) is 45.1 Å². The van der Waals surface area contributed by atoms with Crippen molar-refractivity contribution in [2.45, 2.75) is 58.2 Å². The second kappa shape index (κ2) is 8.26. The summed E-state index contributed by atoms with van der Waals surface area (Å²) in [5.74, 6) is 0.648. The number of nitro benzene ring substituents is 1. The SMILES string of the molecule is CC(C)CNC1CCC(Nc2cc(CO)ccc2[N+](=O)[O-])CC1. The van der Waals surface area contributed by atoms with Gasteiger partial charge in [-0.3, -0.25) is 10.1 Å². The first-order valence-corrected chi connectivity index (χ1v) is 8.37. The number of hydrogen-bond acceptors (Lipinski definition) is 5. The summed E-state index contributed by atoms with van der Waals surface area (Å²) in [7, 11) is 0. The third-order valence-electron chi connectivity index (χ3n) is 4.34. The van der Waals surface area contributed by atoms with E-state index in [9.17, 15) is 15.2 Å². The minimum absolute atomic E-state index is 0.0715. The van der Waals surface area contributed by atoms with E-state index in [4.69, 9.17) is 0 Å². The third kappa shape index (κ3) is 5.18. The second-order valence-electron chi connectivity index (χ2n) is 6.76. The van der Waals surface area contributed by atoms with Crippen LogP contribution in [0.4, 0.5) is 11.4 Å². The highest BCUT2D eigenvalue weighted by Crippen LogP contribution is 2.29. The number of anilines is 1. The first-order valence-electron chi connectivity index (χ1n) is 8.37. The van der Waals surface area contributed by atoms with E-state index in [-0.39, 0.29) is 23.3 Å². The Hall–Kier alpha value is -1.66. The lowest BCUT2D eigenvalue weighted by atomic mass is 9.90. The molecule has 0 radical (unpaired) electrons. The highest BCUT2D eigenvalue weighted by Gasteiger charge is 2.23. The molecule has 1 aliphatic carbocycles. The van der Waals surface area contributed by atoms with Crippen molar-refractivity contribution in [2.75, 3.05) is 11.9 Å². The van der Waals surface area contributed by atoms with E-state index in [2.05, 4.69) is 24.5 Å². The average molecular weight is 321 g/mol. The lowest BCUT2D eigenvalue weighted by Gasteiger charge is -2.30. The van der Waals surface area contributed by atoms with Gasteiger partial charge in [-0.05, 0) is 55.8 Å². The van der Waals surface area contributed by atoms with Gasteiger partial charge < -0.3 is 15.7 Å². The van der Waals surface area contributed by atoms with Gasteiger partial charge in [0, 0.05) is 18.2 Å². The molecule has 6 heteroatoms. The van der Waals surface area contributed by atoms with Crippen LogP contribution in [0.2, 0.25) is 0 Å². The topological polar surface area (TPSA) is 87.4 Å². The number of nitro groups is 1. The number of aliphatic hydroxyl groups is 1. The number of benzene rings is 1. The summed E-state index contributed by atoms with van der Waals surface area (Å²) in [6.45, 7) is 5.33. The largest absolute Gasteiger partial charge is 0.392 e. The Balaban J connectivity index is 1.94. The maximum absolute atomic E-state index is 11.2. The van der Waals surface area contributed by atoms with Crippen molar-refractivity contribution in [3.05, 3.63) is 33.9 Å². The molecule has 1 aromatic carbocycles. The van der Waals surface area contributed by atoms with Crippen LogP contribution in [-0.2, 0) is 6.61 Å². The molecule has 0 bridgehead atoms. The van der Waals surface area contributed by atoms with Gasteiger partial charge in [0.25, 0.3) is 5.69 Å². The molecule has 1 saturated carbocycles. The van der Waals surface area contributed by atoms with Gasteiger partial charge in [0.15, 0.2) is 0 Å². The summed E-state index contributed by atoms with van der Waals surface area (Å²) in [6, 6.07) is 5.54. The number of rotatable bonds is 7. The first-order chi connectivity index (χ1) is 11.0. The van der Waals surface area contributed by atoms with Gasteiger partial charge in [-0.2, -0.15) is 0 Å². The Bertz CT molecular complexity index is 526. The monoisotopic (exact) mass is 321 g/mol. The van der Waals surface area contributed by atoms with Crippen molar-refractivity contribution in [3.63, 3.8) is 0 Å². The highest BCUT2D eigenvalue weighted by molar-refractivity contribution is 5.63. The normalized spacial score (nSPS) is 21.4. The highest BCUT2D eigenvalue weighted by atomic mass is 16.6. The molecular formula is C17H27N3O3. The molecule has 0 aliphatic heterocycles. The number of hydrogen-bond donors (Lipinski definition) is 3. The fourth-order valence-corrected chi connectivity index (χ4v) is 3.02. The van der Waals surface area contributed by atoms with Crippen molar-refractivity contribution in [3.8, 4) is 0 Å². The molecule has 1 aliphatic rings. The molecule has 0 aromatic heterocycles. The predicted octanol–water partition coefficient (Wildman–Crippen LogP) is 3.06. The fraction of sp³-hybridized carbons (Fsp3) is 0.647. The molecule has 0 heterocycles. The zero-order valence-corrected chi connectivity index (χ0v) is 13.9. The van der Waals surface area contributed by atoms with Crippen LogP contribution < -0.4 is 10.6 Å². The molecule has 0 spiro atoms. The second-order valence-corrected chi connectivity index (χ2v) is 6.76. The zero-order chi connectivity index (χ0) is 16.8. The minimum atomic E-state index is -0.376. The van der Waals surface area contributed by atoms with Crippen LogP contribution in [-0.4, -0.2) is 28.7 Å². The Morgan fingerprint density at radius 1 is 1.26 bits per heavy atom. The van der Waals surface area contributed by atoms with Crippen LogP contribution in [0, 0.1) is 16.0 Å². The van der Waals surface area contributed by atoms with E-state index in [0.717, 1.165) is 32.2 Å². The fourth-order valence-electron chi connectivity index (χ4n) is 3.02. The summed E-state index contributed by atoms with van der Waals surface area (Å²) in [4.78, 5) is 10.8. The summed E-state index contributed by atoms with van der Waals surface area (Å²) in [5.41, 5.74) is 1.27. The smallest absolute Gasteiger partial charge is 0.292 e. The standard InChI is InChI=1S/C17H27N3O3/c1-12(2)10-18-14-4-6-15(7-5-14)19-16-9-13(11-21)3-8-17(16)20(22)23/h3,8-9,12,14-15,18-19,21H,4-7,10-11H2,1-2H3. The molecule has 0 amide bonds.